The first-order valence-corrected chi connectivity index (χ1v) is 6.98. The molecule has 0 saturated carbocycles. The Balaban J connectivity index is 1.89. The van der Waals surface area contributed by atoms with Crippen LogP contribution in [0, 0.1) is 0 Å². The second kappa shape index (κ2) is 5.85. The van der Waals surface area contributed by atoms with Gasteiger partial charge in [0.2, 0.25) is 0 Å². The molecule has 0 aliphatic heterocycles. The molecule has 0 saturated heterocycles. The highest BCUT2D eigenvalue weighted by molar-refractivity contribution is 7.80. The van der Waals surface area contributed by atoms with Crippen molar-refractivity contribution in [3.63, 3.8) is 0 Å². The zero-order valence-corrected chi connectivity index (χ0v) is 12.1. The number of fused-ring (bicyclic) bond motifs is 1. The lowest BCUT2D eigenvalue weighted by molar-refractivity contribution is 1.09. The maximum Gasteiger partial charge on any atom is 0.155 e. The minimum absolute atomic E-state index is 0.239. The highest BCUT2D eigenvalue weighted by atomic mass is 32.1. The minimum atomic E-state index is 0.239. The van der Waals surface area contributed by atoms with Gasteiger partial charge < -0.3 is 11.1 Å². The largest absolute Gasteiger partial charge is 0.388 e. The number of thiocarbonyl (C=S) groups is 1. The molecule has 104 valence electrons. The van der Waals surface area contributed by atoms with Crippen LogP contribution in [0.3, 0.4) is 0 Å². The number of hydrogen-bond acceptors (Lipinski definition) is 4. The van der Waals surface area contributed by atoms with E-state index >= 15 is 0 Å². The monoisotopic (exact) mass is 294 g/mol. The quantitative estimate of drug-likeness (QED) is 0.724. The van der Waals surface area contributed by atoms with Gasteiger partial charge in [-0.1, -0.05) is 54.7 Å². The lowest BCUT2D eigenvalue weighted by Gasteiger charge is -2.11. The standard InChI is InChI=1S/C16H14N4S/c17-15(21)14-16(19-9-8-18-14)20-10-12-6-3-5-11-4-1-2-7-13(11)12/h1-9H,10H2,(H2,17,21)(H,19,20). The van der Waals surface area contributed by atoms with Gasteiger partial charge >= 0.3 is 0 Å². The van der Waals surface area contributed by atoms with E-state index in [1.807, 2.05) is 18.2 Å². The fraction of sp³-hybridized carbons (Fsp3) is 0.0625. The molecule has 0 unspecified atom stereocenters. The summed E-state index contributed by atoms with van der Waals surface area (Å²) < 4.78 is 0. The Morgan fingerprint density at radius 2 is 1.81 bits per heavy atom. The lowest BCUT2D eigenvalue weighted by atomic mass is 10.0. The lowest BCUT2D eigenvalue weighted by Crippen LogP contribution is -2.16. The van der Waals surface area contributed by atoms with Crippen molar-refractivity contribution >= 4 is 33.8 Å². The van der Waals surface area contributed by atoms with Gasteiger partial charge in [-0.2, -0.15) is 0 Å². The van der Waals surface area contributed by atoms with E-state index < -0.39 is 0 Å². The van der Waals surface area contributed by atoms with E-state index in [2.05, 4.69) is 39.6 Å². The summed E-state index contributed by atoms with van der Waals surface area (Å²) in [6.07, 6.45) is 3.20. The zero-order chi connectivity index (χ0) is 14.7. The molecule has 21 heavy (non-hydrogen) atoms. The topological polar surface area (TPSA) is 63.8 Å². The number of nitrogens with two attached hydrogens (primary N) is 1. The van der Waals surface area contributed by atoms with E-state index in [0.717, 1.165) is 0 Å². The summed E-state index contributed by atoms with van der Waals surface area (Å²) in [5.74, 6) is 0.609. The molecule has 0 aliphatic carbocycles. The molecule has 1 aromatic heterocycles. The Labute approximate surface area is 128 Å². The predicted octanol–water partition coefficient (Wildman–Crippen LogP) is 2.88. The number of nitrogens with one attached hydrogen (secondary N) is 1. The maximum absolute atomic E-state index is 5.66. The van der Waals surface area contributed by atoms with Crippen molar-refractivity contribution in [1.82, 2.24) is 9.97 Å². The summed E-state index contributed by atoms with van der Waals surface area (Å²) in [5.41, 5.74) is 7.37. The van der Waals surface area contributed by atoms with Crippen molar-refractivity contribution < 1.29 is 0 Å². The molecule has 0 fully saturated rings. The number of rotatable bonds is 4. The third-order valence-electron chi connectivity index (χ3n) is 3.26. The Hall–Kier alpha value is -2.53. The number of benzene rings is 2. The molecular formula is C16H14N4S. The molecule has 0 bridgehead atoms. The van der Waals surface area contributed by atoms with E-state index in [4.69, 9.17) is 18.0 Å². The SMILES string of the molecule is NC(=S)c1nccnc1NCc1cccc2ccccc12. The van der Waals surface area contributed by atoms with Crippen LogP contribution in [0.1, 0.15) is 11.3 Å². The van der Waals surface area contributed by atoms with Crippen molar-refractivity contribution in [2.45, 2.75) is 6.54 Å². The van der Waals surface area contributed by atoms with Crippen LogP contribution < -0.4 is 11.1 Å². The van der Waals surface area contributed by atoms with Crippen LogP contribution in [0.15, 0.2) is 54.9 Å². The van der Waals surface area contributed by atoms with Gasteiger partial charge in [0.25, 0.3) is 0 Å². The molecule has 3 aromatic rings. The molecule has 0 radical (unpaired) electrons. The first-order chi connectivity index (χ1) is 10.3. The highest BCUT2D eigenvalue weighted by Gasteiger charge is 2.08. The Bertz CT molecular complexity index is 796. The molecular weight excluding hydrogens is 280 g/mol. The van der Waals surface area contributed by atoms with E-state index in [1.54, 1.807) is 12.4 Å². The Kier molecular flexibility index (Phi) is 3.75. The Morgan fingerprint density at radius 3 is 2.67 bits per heavy atom. The van der Waals surface area contributed by atoms with Crippen molar-refractivity contribution in [2.24, 2.45) is 5.73 Å². The van der Waals surface area contributed by atoms with Crippen LogP contribution in [-0.2, 0) is 6.54 Å². The molecule has 0 amide bonds. The summed E-state index contributed by atoms with van der Waals surface area (Å²) in [7, 11) is 0. The average Bonchev–Trinajstić information content (AvgIpc) is 2.53. The van der Waals surface area contributed by atoms with Crippen molar-refractivity contribution in [2.75, 3.05) is 5.32 Å². The van der Waals surface area contributed by atoms with Crippen molar-refractivity contribution in [1.29, 1.82) is 0 Å². The second-order valence-electron chi connectivity index (χ2n) is 4.61. The van der Waals surface area contributed by atoms with Crippen LogP contribution in [0.25, 0.3) is 10.8 Å². The molecule has 4 nitrogen and oxygen atoms in total. The van der Waals surface area contributed by atoms with Crippen LogP contribution in [0.4, 0.5) is 5.82 Å². The number of anilines is 1. The van der Waals surface area contributed by atoms with Gasteiger partial charge in [0.15, 0.2) is 5.82 Å². The maximum atomic E-state index is 5.66. The fourth-order valence-electron chi connectivity index (χ4n) is 2.27. The van der Waals surface area contributed by atoms with Gasteiger partial charge in [-0.15, -0.1) is 0 Å². The summed E-state index contributed by atoms with van der Waals surface area (Å²) >= 11 is 4.99. The van der Waals surface area contributed by atoms with Crippen LogP contribution >= 0.6 is 12.2 Å². The van der Waals surface area contributed by atoms with E-state index in [0.29, 0.717) is 18.1 Å². The van der Waals surface area contributed by atoms with Gasteiger partial charge in [0, 0.05) is 18.9 Å². The van der Waals surface area contributed by atoms with Gasteiger partial charge in [-0.3, -0.25) is 0 Å². The van der Waals surface area contributed by atoms with Crippen molar-refractivity contribution in [3.05, 3.63) is 66.1 Å². The van der Waals surface area contributed by atoms with E-state index in [9.17, 15) is 0 Å². The molecule has 2 aromatic carbocycles. The molecule has 1 heterocycles. The summed E-state index contributed by atoms with van der Waals surface area (Å²) in [5, 5.41) is 5.69. The van der Waals surface area contributed by atoms with Crippen LogP contribution in [0.2, 0.25) is 0 Å². The predicted molar refractivity (Wildman–Crippen MR) is 89.2 cm³/mol. The Morgan fingerprint density at radius 1 is 1.05 bits per heavy atom. The fourth-order valence-corrected chi connectivity index (χ4v) is 2.42. The van der Waals surface area contributed by atoms with E-state index in [-0.39, 0.29) is 4.99 Å². The molecule has 0 aliphatic rings. The summed E-state index contributed by atoms with van der Waals surface area (Å²) in [6.45, 7) is 0.635. The number of hydrogen-bond donors (Lipinski definition) is 2. The molecule has 5 heteroatoms. The zero-order valence-electron chi connectivity index (χ0n) is 11.3. The van der Waals surface area contributed by atoms with Gasteiger partial charge in [0.05, 0.1) is 0 Å². The first-order valence-electron chi connectivity index (χ1n) is 6.57. The summed E-state index contributed by atoms with van der Waals surface area (Å²) in [6, 6.07) is 14.5. The van der Waals surface area contributed by atoms with Crippen LogP contribution in [0.5, 0.6) is 0 Å². The summed E-state index contributed by atoms with van der Waals surface area (Å²) in [4.78, 5) is 8.65. The molecule has 3 rings (SSSR count). The van der Waals surface area contributed by atoms with Crippen LogP contribution in [-0.4, -0.2) is 15.0 Å². The third kappa shape index (κ3) is 2.83. The normalized spacial score (nSPS) is 10.5. The van der Waals surface area contributed by atoms with E-state index in [1.165, 1.54) is 16.3 Å². The van der Waals surface area contributed by atoms with Gasteiger partial charge in [-0.25, -0.2) is 9.97 Å². The second-order valence-corrected chi connectivity index (χ2v) is 5.05. The molecule has 3 N–H and O–H groups in total. The third-order valence-corrected chi connectivity index (χ3v) is 3.45. The number of nitrogens with zero attached hydrogens (tertiary/aromatic N) is 2. The highest BCUT2D eigenvalue weighted by Crippen LogP contribution is 2.19. The first kappa shape index (κ1) is 13.5. The smallest absolute Gasteiger partial charge is 0.155 e. The molecule has 0 atom stereocenters. The average molecular weight is 294 g/mol. The van der Waals surface area contributed by atoms with Gasteiger partial charge in [0.1, 0.15) is 10.7 Å². The van der Waals surface area contributed by atoms with Crippen molar-refractivity contribution in [3.8, 4) is 0 Å². The van der Waals surface area contributed by atoms with Gasteiger partial charge in [-0.05, 0) is 16.3 Å². The minimum Gasteiger partial charge on any atom is -0.388 e. The number of aromatic nitrogens is 2. The molecule has 0 spiro atoms.